The average molecular weight is 285 g/mol. The molecule has 0 atom stereocenters. The van der Waals surface area contributed by atoms with Crippen LogP contribution in [0.1, 0.15) is 18.9 Å². The van der Waals surface area contributed by atoms with Crippen LogP contribution in [0.3, 0.4) is 0 Å². The maximum atomic E-state index is 12.1. The van der Waals surface area contributed by atoms with Crippen LogP contribution in [0.5, 0.6) is 0 Å². The zero-order chi connectivity index (χ0) is 15.2. The molecule has 1 amide bonds. The molecule has 110 valence electrons. The van der Waals surface area contributed by atoms with Crippen LogP contribution in [0.25, 0.3) is 0 Å². The lowest BCUT2D eigenvalue weighted by Gasteiger charge is -2.11. The lowest BCUT2D eigenvalue weighted by Crippen LogP contribution is -2.27. The van der Waals surface area contributed by atoms with E-state index in [0.717, 1.165) is 24.1 Å². The second-order valence-electron chi connectivity index (χ2n) is 4.88. The number of hydrogen-bond acceptors (Lipinski definition) is 3. The minimum Gasteiger partial charge on any atom is -0.398 e. The molecule has 0 fully saturated rings. The molecular weight excluding hydrogens is 266 g/mol. The molecule has 2 rings (SSSR count). The molecule has 0 saturated carbocycles. The van der Waals surface area contributed by atoms with Crippen molar-refractivity contribution in [1.29, 1.82) is 0 Å². The second kappa shape index (κ2) is 6.74. The molecule has 1 aromatic carbocycles. The van der Waals surface area contributed by atoms with Gasteiger partial charge in [-0.25, -0.2) is 0 Å². The number of nitrogens with one attached hydrogen (secondary N) is 1. The van der Waals surface area contributed by atoms with Gasteiger partial charge in [-0.15, -0.1) is 0 Å². The summed E-state index contributed by atoms with van der Waals surface area (Å²) in [6, 6.07) is 10.6. The Balaban J connectivity index is 2.12. The van der Waals surface area contributed by atoms with Crippen molar-refractivity contribution in [2.75, 3.05) is 11.1 Å². The van der Waals surface area contributed by atoms with Gasteiger partial charge in [0.1, 0.15) is 6.54 Å². The summed E-state index contributed by atoms with van der Waals surface area (Å²) in [5.41, 5.74) is 7.72. The fourth-order valence-corrected chi connectivity index (χ4v) is 2.15. The maximum absolute atomic E-state index is 12.1. The van der Waals surface area contributed by atoms with Gasteiger partial charge in [0, 0.05) is 23.6 Å². The Kier molecular flexibility index (Phi) is 4.77. The number of aromatic nitrogens is 1. The van der Waals surface area contributed by atoms with E-state index >= 15 is 0 Å². The standard InChI is InChI=1S/C16H19N3O2/c1-2-5-12-6-3-4-7-14(12)18-15(20)11-19-10-13(17)8-9-16(19)21/h3-4,6-10H,2,5,11,17H2,1H3,(H,18,20). The van der Waals surface area contributed by atoms with Crippen molar-refractivity contribution in [3.05, 3.63) is 58.5 Å². The quantitative estimate of drug-likeness (QED) is 0.882. The normalized spacial score (nSPS) is 10.3. The van der Waals surface area contributed by atoms with E-state index in [2.05, 4.69) is 12.2 Å². The van der Waals surface area contributed by atoms with Crippen molar-refractivity contribution >= 4 is 17.3 Å². The lowest BCUT2D eigenvalue weighted by atomic mass is 10.1. The van der Waals surface area contributed by atoms with Gasteiger partial charge in [0.15, 0.2) is 0 Å². The van der Waals surface area contributed by atoms with Gasteiger partial charge in [0.25, 0.3) is 5.56 Å². The first-order valence-corrected chi connectivity index (χ1v) is 6.94. The van der Waals surface area contributed by atoms with Crippen LogP contribution in [0, 0.1) is 0 Å². The van der Waals surface area contributed by atoms with Crippen molar-refractivity contribution in [1.82, 2.24) is 4.57 Å². The monoisotopic (exact) mass is 285 g/mol. The summed E-state index contributed by atoms with van der Waals surface area (Å²) in [5, 5.41) is 2.85. The fourth-order valence-electron chi connectivity index (χ4n) is 2.15. The first kappa shape index (κ1) is 14.8. The molecule has 5 heteroatoms. The molecule has 1 aromatic heterocycles. The van der Waals surface area contributed by atoms with E-state index in [1.54, 1.807) is 0 Å². The van der Waals surface area contributed by atoms with E-state index in [1.807, 2.05) is 24.3 Å². The van der Waals surface area contributed by atoms with E-state index in [0.29, 0.717) is 5.69 Å². The fraction of sp³-hybridized carbons (Fsp3) is 0.250. The van der Waals surface area contributed by atoms with Gasteiger partial charge in [-0.3, -0.25) is 9.59 Å². The third kappa shape index (κ3) is 3.95. The third-order valence-electron chi connectivity index (χ3n) is 3.13. The van der Waals surface area contributed by atoms with Crippen LogP contribution in [-0.4, -0.2) is 10.5 Å². The number of nitrogen functional groups attached to an aromatic ring is 1. The van der Waals surface area contributed by atoms with Gasteiger partial charge in [0.2, 0.25) is 5.91 Å². The molecule has 0 saturated heterocycles. The Morgan fingerprint density at radius 1 is 1.24 bits per heavy atom. The predicted molar refractivity (Wildman–Crippen MR) is 84.2 cm³/mol. The molecular formula is C16H19N3O2. The van der Waals surface area contributed by atoms with Crippen molar-refractivity contribution in [3.63, 3.8) is 0 Å². The zero-order valence-electron chi connectivity index (χ0n) is 12.0. The van der Waals surface area contributed by atoms with Gasteiger partial charge in [0.05, 0.1) is 0 Å². The summed E-state index contributed by atoms with van der Waals surface area (Å²) in [4.78, 5) is 23.7. The summed E-state index contributed by atoms with van der Waals surface area (Å²) < 4.78 is 1.30. The van der Waals surface area contributed by atoms with E-state index in [4.69, 9.17) is 5.73 Å². The molecule has 0 aliphatic rings. The Morgan fingerprint density at radius 3 is 2.76 bits per heavy atom. The minimum absolute atomic E-state index is 0.0513. The van der Waals surface area contributed by atoms with Crippen molar-refractivity contribution in [2.24, 2.45) is 0 Å². The Labute approximate surface area is 123 Å². The molecule has 0 unspecified atom stereocenters. The maximum Gasteiger partial charge on any atom is 0.251 e. The van der Waals surface area contributed by atoms with Crippen molar-refractivity contribution in [3.8, 4) is 0 Å². The third-order valence-corrected chi connectivity index (χ3v) is 3.13. The molecule has 21 heavy (non-hydrogen) atoms. The van der Waals surface area contributed by atoms with Gasteiger partial charge in [-0.05, 0) is 24.1 Å². The highest BCUT2D eigenvalue weighted by Crippen LogP contribution is 2.16. The van der Waals surface area contributed by atoms with Crippen molar-refractivity contribution < 1.29 is 4.79 Å². The first-order valence-electron chi connectivity index (χ1n) is 6.94. The van der Waals surface area contributed by atoms with Gasteiger partial charge in [-0.2, -0.15) is 0 Å². The van der Waals surface area contributed by atoms with E-state index in [1.165, 1.54) is 22.9 Å². The van der Waals surface area contributed by atoms with Crippen LogP contribution in [0.2, 0.25) is 0 Å². The van der Waals surface area contributed by atoms with E-state index < -0.39 is 0 Å². The number of nitrogens with zero attached hydrogens (tertiary/aromatic N) is 1. The summed E-state index contributed by atoms with van der Waals surface area (Å²) >= 11 is 0. The zero-order valence-corrected chi connectivity index (χ0v) is 12.0. The molecule has 0 aliphatic heterocycles. The van der Waals surface area contributed by atoms with Crippen LogP contribution in [0.15, 0.2) is 47.4 Å². The van der Waals surface area contributed by atoms with Gasteiger partial charge < -0.3 is 15.6 Å². The number of amides is 1. The number of anilines is 2. The molecule has 5 nitrogen and oxygen atoms in total. The number of carbonyl (C=O) groups excluding carboxylic acids is 1. The number of aryl methyl sites for hydroxylation is 1. The molecule has 3 N–H and O–H groups in total. The SMILES string of the molecule is CCCc1ccccc1NC(=O)Cn1cc(N)ccc1=O. The number of para-hydroxylation sites is 1. The first-order chi connectivity index (χ1) is 10.1. The van der Waals surface area contributed by atoms with E-state index in [9.17, 15) is 9.59 Å². The summed E-state index contributed by atoms with van der Waals surface area (Å²) in [6.45, 7) is 2.04. The number of hydrogen-bond donors (Lipinski definition) is 2. The summed E-state index contributed by atoms with van der Waals surface area (Å²) in [6.07, 6.45) is 3.37. The van der Waals surface area contributed by atoms with Crippen LogP contribution in [-0.2, 0) is 17.8 Å². The Morgan fingerprint density at radius 2 is 2.00 bits per heavy atom. The van der Waals surface area contributed by atoms with Crippen LogP contribution < -0.4 is 16.6 Å². The molecule has 0 aliphatic carbocycles. The number of nitrogens with two attached hydrogens (primary N) is 1. The molecule has 1 heterocycles. The molecule has 2 aromatic rings. The number of rotatable bonds is 5. The molecule has 0 spiro atoms. The van der Waals surface area contributed by atoms with Crippen LogP contribution >= 0.6 is 0 Å². The predicted octanol–water partition coefficient (Wildman–Crippen LogP) is 2.02. The largest absolute Gasteiger partial charge is 0.398 e. The highest BCUT2D eigenvalue weighted by atomic mass is 16.2. The van der Waals surface area contributed by atoms with E-state index in [-0.39, 0.29) is 18.0 Å². The summed E-state index contributed by atoms with van der Waals surface area (Å²) in [5.74, 6) is -0.244. The smallest absolute Gasteiger partial charge is 0.251 e. The van der Waals surface area contributed by atoms with Gasteiger partial charge >= 0.3 is 0 Å². The topological polar surface area (TPSA) is 77.1 Å². The van der Waals surface area contributed by atoms with Crippen LogP contribution in [0.4, 0.5) is 11.4 Å². The summed E-state index contributed by atoms with van der Waals surface area (Å²) in [7, 11) is 0. The lowest BCUT2D eigenvalue weighted by molar-refractivity contribution is -0.116. The van der Waals surface area contributed by atoms with Gasteiger partial charge in [-0.1, -0.05) is 31.5 Å². The Hall–Kier alpha value is -2.56. The number of benzene rings is 1. The number of pyridine rings is 1. The Bertz CT molecular complexity index is 692. The number of carbonyl (C=O) groups is 1. The highest BCUT2D eigenvalue weighted by molar-refractivity contribution is 5.91. The molecule has 0 bridgehead atoms. The molecule has 0 radical (unpaired) electrons. The average Bonchev–Trinajstić information content (AvgIpc) is 2.45. The second-order valence-corrected chi connectivity index (χ2v) is 4.88. The highest BCUT2D eigenvalue weighted by Gasteiger charge is 2.08. The van der Waals surface area contributed by atoms with Crippen molar-refractivity contribution in [2.45, 2.75) is 26.3 Å². The minimum atomic E-state index is -0.249.